The minimum Gasteiger partial charge on any atom is -0.481 e. The molecule has 3 fully saturated rings. The molecule has 0 aromatic carbocycles. The zero-order chi connectivity index (χ0) is 18.6. The van der Waals surface area contributed by atoms with Gasteiger partial charge in [-0.05, 0) is 63.2 Å². The number of rotatable bonds is 3. The molecule has 1 aliphatic heterocycles. The first-order valence-electron chi connectivity index (χ1n) is 9.46. The normalized spacial score (nSPS) is 50.5. The van der Waals surface area contributed by atoms with Crippen molar-refractivity contribution in [2.24, 2.45) is 22.7 Å². The van der Waals surface area contributed by atoms with Crippen LogP contribution in [0.5, 0.6) is 0 Å². The highest BCUT2D eigenvalue weighted by molar-refractivity contribution is 5.75. The first kappa shape index (κ1) is 18.9. The molecule has 1 saturated heterocycles. The van der Waals surface area contributed by atoms with Gasteiger partial charge in [-0.25, -0.2) is 0 Å². The van der Waals surface area contributed by atoms with Gasteiger partial charge in [0.15, 0.2) is 0 Å². The number of fused-ring (bicyclic) bond motifs is 1. The van der Waals surface area contributed by atoms with E-state index in [1.54, 1.807) is 6.92 Å². The Balaban J connectivity index is 1.90. The number of carboxylic acid groups (broad SMARTS) is 1. The summed E-state index contributed by atoms with van der Waals surface area (Å²) in [5, 5.41) is 30.5. The van der Waals surface area contributed by atoms with Gasteiger partial charge in [0.05, 0.1) is 18.1 Å². The molecule has 0 aromatic heterocycles. The van der Waals surface area contributed by atoms with E-state index < -0.39 is 29.2 Å². The van der Waals surface area contributed by atoms with E-state index in [0.29, 0.717) is 6.42 Å². The fourth-order valence-corrected chi connectivity index (χ4v) is 5.92. The van der Waals surface area contributed by atoms with Gasteiger partial charge in [0.25, 0.3) is 0 Å². The maximum atomic E-state index is 12.0. The first-order valence-corrected chi connectivity index (χ1v) is 9.46. The average molecular weight is 352 g/mol. The summed E-state index contributed by atoms with van der Waals surface area (Å²) in [6.45, 7) is 10.2. The molecule has 3 aliphatic rings. The molecular weight excluding hydrogens is 320 g/mol. The van der Waals surface area contributed by atoms with Crippen LogP contribution in [0.2, 0.25) is 0 Å². The van der Waals surface area contributed by atoms with Gasteiger partial charge in [-0.1, -0.05) is 25.5 Å². The number of aliphatic carboxylic acids is 1. The SMILES string of the molecule is C=C1CC[C@@H]2[C@](C)(CCC[C@]2(C)C(=O)O)[C@H]1C[C@H]1OC[C@H](O)[C@@]1(C)O. The number of allylic oxidation sites excluding steroid dienone is 1. The van der Waals surface area contributed by atoms with Crippen LogP contribution in [0.25, 0.3) is 0 Å². The molecular formula is C20H32O5. The Morgan fingerprint density at radius 3 is 2.56 bits per heavy atom. The van der Waals surface area contributed by atoms with Crippen LogP contribution in [0.1, 0.15) is 59.3 Å². The van der Waals surface area contributed by atoms with Crippen LogP contribution in [-0.4, -0.2) is 45.7 Å². The summed E-state index contributed by atoms with van der Waals surface area (Å²) in [7, 11) is 0. The van der Waals surface area contributed by atoms with Crippen molar-refractivity contribution in [2.75, 3.05) is 6.61 Å². The monoisotopic (exact) mass is 352 g/mol. The van der Waals surface area contributed by atoms with Crippen molar-refractivity contribution in [3.63, 3.8) is 0 Å². The summed E-state index contributed by atoms with van der Waals surface area (Å²) in [6.07, 6.45) is 3.53. The molecule has 1 heterocycles. The molecule has 5 heteroatoms. The molecule has 0 radical (unpaired) electrons. The minimum atomic E-state index is -1.27. The predicted molar refractivity (Wildman–Crippen MR) is 94.0 cm³/mol. The van der Waals surface area contributed by atoms with Gasteiger partial charge in [-0.3, -0.25) is 4.79 Å². The Labute approximate surface area is 150 Å². The summed E-state index contributed by atoms with van der Waals surface area (Å²) in [5.41, 5.74) is -0.999. The van der Waals surface area contributed by atoms with E-state index in [9.17, 15) is 20.1 Å². The number of carboxylic acids is 1. The van der Waals surface area contributed by atoms with Crippen molar-refractivity contribution in [2.45, 2.75) is 77.1 Å². The summed E-state index contributed by atoms with van der Waals surface area (Å²) in [4.78, 5) is 12.0. The van der Waals surface area contributed by atoms with Gasteiger partial charge in [-0.2, -0.15) is 0 Å². The van der Waals surface area contributed by atoms with E-state index in [0.717, 1.165) is 37.7 Å². The van der Waals surface area contributed by atoms with Crippen LogP contribution in [0.3, 0.4) is 0 Å². The van der Waals surface area contributed by atoms with Gasteiger partial charge in [0.1, 0.15) is 11.7 Å². The fraction of sp³-hybridized carbons (Fsp3) is 0.850. The summed E-state index contributed by atoms with van der Waals surface area (Å²) in [6, 6.07) is 0. The van der Waals surface area contributed by atoms with Crippen LogP contribution >= 0.6 is 0 Å². The van der Waals surface area contributed by atoms with Crippen LogP contribution in [0.15, 0.2) is 12.2 Å². The van der Waals surface area contributed by atoms with Gasteiger partial charge in [0, 0.05) is 0 Å². The highest BCUT2D eigenvalue weighted by Gasteiger charge is 2.59. The van der Waals surface area contributed by atoms with E-state index in [2.05, 4.69) is 13.5 Å². The van der Waals surface area contributed by atoms with Gasteiger partial charge >= 0.3 is 5.97 Å². The molecule has 3 rings (SSSR count). The van der Waals surface area contributed by atoms with E-state index >= 15 is 0 Å². The van der Waals surface area contributed by atoms with Crippen molar-refractivity contribution in [3.8, 4) is 0 Å². The number of aliphatic hydroxyl groups excluding tert-OH is 1. The third-order valence-electron chi connectivity index (χ3n) is 7.74. The molecule has 0 amide bonds. The number of hydrogen-bond acceptors (Lipinski definition) is 4. The summed E-state index contributed by atoms with van der Waals surface area (Å²) in [5.74, 6) is -0.501. The van der Waals surface area contributed by atoms with E-state index in [-0.39, 0.29) is 23.9 Å². The number of aliphatic hydroxyl groups is 2. The quantitative estimate of drug-likeness (QED) is 0.680. The molecule has 2 saturated carbocycles. The lowest BCUT2D eigenvalue weighted by molar-refractivity contribution is -0.165. The molecule has 0 aromatic rings. The highest BCUT2D eigenvalue weighted by Crippen LogP contribution is 2.62. The Bertz CT molecular complexity index is 570. The highest BCUT2D eigenvalue weighted by atomic mass is 16.5. The van der Waals surface area contributed by atoms with Crippen molar-refractivity contribution in [3.05, 3.63) is 12.2 Å². The molecule has 5 nitrogen and oxygen atoms in total. The second kappa shape index (κ2) is 6.07. The topological polar surface area (TPSA) is 87.0 Å². The Morgan fingerprint density at radius 2 is 2.00 bits per heavy atom. The Morgan fingerprint density at radius 1 is 1.32 bits per heavy atom. The van der Waals surface area contributed by atoms with Gasteiger partial charge in [0.2, 0.25) is 0 Å². The average Bonchev–Trinajstić information content (AvgIpc) is 2.76. The molecule has 2 aliphatic carbocycles. The standard InChI is InChI=1S/C20H32O5/c1-12-6-7-14-18(2,8-5-9-19(14,3)17(22)23)13(12)10-16-20(4,24)15(21)11-25-16/h13-16,21,24H,1,5-11H2,2-4H3,(H,22,23)/t13-,14+,15-,16+,18+,19-,20+/m0/s1. The molecule has 7 atom stereocenters. The predicted octanol–water partition coefficient (Wildman–Crippen LogP) is 2.75. The second-order valence-electron chi connectivity index (χ2n) is 9.18. The lowest BCUT2D eigenvalue weighted by Crippen LogP contribution is -2.55. The van der Waals surface area contributed by atoms with Crippen LogP contribution in [0, 0.1) is 22.7 Å². The largest absolute Gasteiger partial charge is 0.481 e. The van der Waals surface area contributed by atoms with Crippen molar-refractivity contribution >= 4 is 5.97 Å². The van der Waals surface area contributed by atoms with Crippen molar-refractivity contribution in [1.29, 1.82) is 0 Å². The Kier molecular flexibility index (Phi) is 4.58. The third kappa shape index (κ3) is 2.75. The molecule has 3 N–H and O–H groups in total. The van der Waals surface area contributed by atoms with Crippen LogP contribution in [0.4, 0.5) is 0 Å². The lowest BCUT2D eigenvalue weighted by Gasteiger charge is -2.57. The van der Waals surface area contributed by atoms with E-state index in [4.69, 9.17) is 4.74 Å². The maximum absolute atomic E-state index is 12.0. The first-order chi connectivity index (χ1) is 11.5. The fourth-order valence-electron chi connectivity index (χ4n) is 5.92. The zero-order valence-electron chi connectivity index (χ0n) is 15.6. The summed E-state index contributed by atoms with van der Waals surface area (Å²) >= 11 is 0. The molecule has 0 unspecified atom stereocenters. The van der Waals surface area contributed by atoms with E-state index in [1.807, 2.05) is 6.92 Å². The van der Waals surface area contributed by atoms with Gasteiger partial charge in [-0.15, -0.1) is 0 Å². The lowest BCUT2D eigenvalue weighted by atomic mass is 9.46. The maximum Gasteiger partial charge on any atom is 0.309 e. The van der Waals surface area contributed by atoms with Gasteiger partial charge < -0.3 is 20.1 Å². The molecule has 25 heavy (non-hydrogen) atoms. The Hall–Kier alpha value is -0.910. The number of carbonyl (C=O) groups is 1. The molecule has 0 bridgehead atoms. The smallest absolute Gasteiger partial charge is 0.309 e. The van der Waals surface area contributed by atoms with Crippen LogP contribution in [-0.2, 0) is 9.53 Å². The van der Waals surface area contributed by atoms with Crippen LogP contribution < -0.4 is 0 Å². The zero-order valence-corrected chi connectivity index (χ0v) is 15.6. The molecule has 0 spiro atoms. The molecule has 142 valence electrons. The third-order valence-corrected chi connectivity index (χ3v) is 7.74. The summed E-state index contributed by atoms with van der Waals surface area (Å²) < 4.78 is 5.70. The van der Waals surface area contributed by atoms with E-state index in [1.165, 1.54) is 0 Å². The number of ether oxygens (including phenoxy) is 1. The van der Waals surface area contributed by atoms with Crippen molar-refractivity contribution in [1.82, 2.24) is 0 Å². The van der Waals surface area contributed by atoms with Crippen molar-refractivity contribution < 1.29 is 24.9 Å². The minimum absolute atomic E-state index is 0.0954. The second-order valence-corrected chi connectivity index (χ2v) is 9.18. The number of hydrogen-bond donors (Lipinski definition) is 3.